The summed E-state index contributed by atoms with van der Waals surface area (Å²) in [6, 6.07) is 6.89. The first-order chi connectivity index (χ1) is 22.3. The SMILES string of the molecule is C=CC(=C)/C=C\C.CC.CC.CC.CCNCCN(CC)C1CCN(c2cccc3c(C(C=O)CCC(=O)NC)nn(C)c23)CC1. The maximum absolute atomic E-state index is 11.9. The van der Waals surface area contributed by atoms with E-state index in [1.165, 1.54) is 5.69 Å². The second-order valence-corrected chi connectivity index (χ2v) is 10.1. The molecule has 0 spiro atoms. The molecule has 0 saturated carbocycles. The quantitative estimate of drug-likeness (QED) is 0.125. The van der Waals surface area contributed by atoms with Crippen molar-refractivity contribution in [3.63, 3.8) is 0 Å². The Bertz CT molecular complexity index is 1130. The van der Waals surface area contributed by atoms with Crippen molar-refractivity contribution >= 4 is 28.8 Å². The number of para-hydroxylation sites is 1. The van der Waals surface area contributed by atoms with Gasteiger partial charge in [-0.3, -0.25) is 14.4 Å². The molecule has 3 rings (SSSR count). The fraction of sp³-hybridized carbons (Fsp3) is 0.605. The van der Waals surface area contributed by atoms with Gasteiger partial charge in [0.2, 0.25) is 5.91 Å². The molecule has 1 aromatic heterocycles. The van der Waals surface area contributed by atoms with E-state index >= 15 is 0 Å². The lowest BCUT2D eigenvalue weighted by molar-refractivity contribution is -0.120. The first-order valence-electron chi connectivity index (χ1n) is 17.6. The number of nitrogens with zero attached hydrogens (tertiary/aromatic N) is 4. The minimum absolute atomic E-state index is 0.0581. The van der Waals surface area contributed by atoms with Gasteiger partial charge in [0.05, 0.1) is 22.8 Å². The second-order valence-electron chi connectivity index (χ2n) is 10.1. The van der Waals surface area contributed by atoms with Gasteiger partial charge in [0.25, 0.3) is 0 Å². The number of rotatable bonds is 14. The number of aldehydes is 1. The molecule has 2 heterocycles. The molecule has 2 N–H and O–H groups in total. The average Bonchev–Trinajstić information content (AvgIpc) is 3.46. The molecule has 8 heteroatoms. The van der Waals surface area contributed by atoms with Crippen LogP contribution in [-0.2, 0) is 16.6 Å². The third kappa shape index (κ3) is 14.9. The van der Waals surface area contributed by atoms with E-state index in [1.54, 1.807) is 13.1 Å². The number of aromatic nitrogens is 2. The highest BCUT2D eigenvalue weighted by atomic mass is 16.1. The van der Waals surface area contributed by atoms with Gasteiger partial charge in [-0.05, 0) is 50.9 Å². The maximum atomic E-state index is 11.9. The number of hydrogen-bond acceptors (Lipinski definition) is 6. The van der Waals surface area contributed by atoms with Crippen LogP contribution in [0.3, 0.4) is 0 Å². The van der Waals surface area contributed by atoms with E-state index < -0.39 is 0 Å². The van der Waals surface area contributed by atoms with E-state index in [9.17, 15) is 9.59 Å². The lowest BCUT2D eigenvalue weighted by Crippen LogP contribution is -2.47. The summed E-state index contributed by atoms with van der Waals surface area (Å²) >= 11 is 0. The Hall–Kier alpha value is -3.23. The highest BCUT2D eigenvalue weighted by Crippen LogP contribution is 2.34. The van der Waals surface area contributed by atoms with E-state index in [0.29, 0.717) is 18.9 Å². The zero-order valence-corrected chi connectivity index (χ0v) is 31.3. The third-order valence-electron chi connectivity index (χ3n) is 7.55. The standard InChI is InChI=1S/C25H40N6O2.C7H10.3C2H6/c1-5-27-14-17-30(6-2)20-12-15-31(16-13-20)22-9-7-8-21-24(28-29(4)25(21)22)19(18-32)10-11-23(33)26-3;1-4-6-7(3)5-2;3*1-2/h7-9,18-20,27H,5-6,10-17H2,1-4H3,(H,26,33);4-6H,2-3H2,1H3;3*1-2H3/b;6-4-;;;. The molecule has 1 fully saturated rings. The van der Waals surface area contributed by atoms with Crippen LogP contribution >= 0.6 is 0 Å². The van der Waals surface area contributed by atoms with Crippen LogP contribution in [0, 0.1) is 0 Å². The molecule has 1 aliphatic heterocycles. The van der Waals surface area contributed by atoms with Gasteiger partial charge < -0.3 is 20.3 Å². The van der Waals surface area contributed by atoms with Crippen molar-refractivity contribution in [2.75, 3.05) is 51.2 Å². The van der Waals surface area contributed by atoms with Crippen molar-refractivity contribution in [3.8, 4) is 0 Å². The molecule has 1 aromatic carbocycles. The van der Waals surface area contributed by atoms with E-state index in [0.717, 1.165) is 80.6 Å². The van der Waals surface area contributed by atoms with E-state index in [1.807, 2.05) is 78.4 Å². The summed E-state index contributed by atoms with van der Waals surface area (Å²) in [7, 11) is 3.56. The van der Waals surface area contributed by atoms with Gasteiger partial charge in [-0.25, -0.2) is 0 Å². The molecule has 1 amide bonds. The number of likely N-dealkylation sites (N-methyl/N-ethyl adjacent to an activating group) is 2. The van der Waals surface area contributed by atoms with Crippen molar-refractivity contribution in [1.29, 1.82) is 0 Å². The van der Waals surface area contributed by atoms with Gasteiger partial charge in [0.15, 0.2) is 0 Å². The monoisotopic (exact) mass is 641 g/mol. The Kier molecular flexibility index (Phi) is 27.4. The van der Waals surface area contributed by atoms with Crippen molar-refractivity contribution in [2.24, 2.45) is 7.05 Å². The molecule has 0 bridgehead atoms. The zero-order valence-electron chi connectivity index (χ0n) is 31.3. The number of allylic oxidation sites excluding steroid dienone is 4. The summed E-state index contributed by atoms with van der Waals surface area (Å²) in [6.45, 7) is 31.8. The van der Waals surface area contributed by atoms with Crippen LogP contribution in [0.25, 0.3) is 10.9 Å². The first-order valence-corrected chi connectivity index (χ1v) is 17.6. The van der Waals surface area contributed by atoms with Crippen LogP contribution in [0.5, 0.6) is 0 Å². The molecular weight excluding hydrogens is 572 g/mol. The molecule has 1 saturated heterocycles. The van der Waals surface area contributed by atoms with Gasteiger partial charge in [0, 0.05) is 58.1 Å². The average molecular weight is 641 g/mol. The van der Waals surface area contributed by atoms with E-state index in [2.05, 4.69) is 59.6 Å². The number of carbonyl (C=O) groups excluding carboxylic acids is 2. The summed E-state index contributed by atoms with van der Waals surface area (Å²) in [5.41, 5.74) is 3.97. The smallest absolute Gasteiger partial charge is 0.219 e. The predicted molar refractivity (Wildman–Crippen MR) is 202 cm³/mol. The fourth-order valence-electron chi connectivity index (χ4n) is 5.31. The Morgan fingerprint density at radius 2 is 1.76 bits per heavy atom. The van der Waals surface area contributed by atoms with Crippen molar-refractivity contribution in [2.45, 2.75) is 100.0 Å². The second kappa shape index (κ2) is 28.0. The molecule has 2 aromatic rings. The van der Waals surface area contributed by atoms with Crippen LogP contribution in [0.4, 0.5) is 5.69 Å². The Labute approximate surface area is 282 Å². The number of piperidine rings is 1. The van der Waals surface area contributed by atoms with E-state index in [-0.39, 0.29) is 11.8 Å². The Morgan fingerprint density at radius 1 is 1.13 bits per heavy atom. The van der Waals surface area contributed by atoms with Gasteiger partial charge in [0.1, 0.15) is 6.29 Å². The lowest BCUT2D eigenvalue weighted by atomic mass is 9.97. The molecular formula is C38H68N6O2. The predicted octanol–water partition coefficient (Wildman–Crippen LogP) is 7.67. The summed E-state index contributed by atoms with van der Waals surface area (Å²) < 4.78 is 1.90. The van der Waals surface area contributed by atoms with Crippen molar-refractivity contribution < 1.29 is 9.59 Å². The highest BCUT2D eigenvalue weighted by molar-refractivity contribution is 5.95. The van der Waals surface area contributed by atoms with Gasteiger partial charge in [-0.15, -0.1) is 0 Å². The number of nitrogens with one attached hydrogen (secondary N) is 2. The Balaban J connectivity index is 0. The molecule has 1 atom stereocenters. The number of anilines is 1. The molecule has 1 aliphatic rings. The van der Waals surface area contributed by atoms with Crippen LogP contribution in [0.1, 0.15) is 99.6 Å². The Morgan fingerprint density at radius 3 is 2.24 bits per heavy atom. The topological polar surface area (TPSA) is 82.5 Å². The molecule has 1 unspecified atom stereocenters. The first kappa shape index (κ1) is 44.9. The van der Waals surface area contributed by atoms with E-state index in [4.69, 9.17) is 5.10 Å². The molecule has 46 heavy (non-hydrogen) atoms. The van der Waals surface area contributed by atoms with Crippen LogP contribution in [0.2, 0.25) is 0 Å². The summed E-state index contributed by atoms with van der Waals surface area (Å²) in [4.78, 5) is 28.6. The van der Waals surface area contributed by atoms with Crippen molar-refractivity contribution in [1.82, 2.24) is 25.3 Å². The van der Waals surface area contributed by atoms with Crippen LogP contribution < -0.4 is 15.5 Å². The normalized spacial score (nSPS) is 13.2. The number of aryl methyl sites for hydroxylation is 1. The van der Waals surface area contributed by atoms with Crippen LogP contribution in [0.15, 0.2) is 55.2 Å². The van der Waals surface area contributed by atoms with Crippen LogP contribution in [-0.4, -0.2) is 79.2 Å². The number of hydrogen-bond donors (Lipinski definition) is 2. The summed E-state index contributed by atoms with van der Waals surface area (Å²) in [5.74, 6) is -0.445. The van der Waals surface area contributed by atoms with Gasteiger partial charge in [-0.1, -0.05) is 98.9 Å². The molecule has 262 valence electrons. The maximum Gasteiger partial charge on any atom is 0.219 e. The summed E-state index contributed by atoms with van der Waals surface area (Å²) in [5, 5.41) is 11.8. The lowest BCUT2D eigenvalue weighted by Gasteiger charge is -2.39. The largest absolute Gasteiger partial charge is 0.370 e. The molecule has 0 aliphatic carbocycles. The number of fused-ring (bicyclic) bond motifs is 1. The minimum atomic E-state index is -0.387. The minimum Gasteiger partial charge on any atom is -0.370 e. The number of carbonyl (C=O) groups is 2. The number of benzene rings is 1. The summed E-state index contributed by atoms with van der Waals surface area (Å²) in [6.07, 6.45) is 9.55. The fourth-order valence-corrected chi connectivity index (χ4v) is 5.31. The molecule has 8 nitrogen and oxygen atoms in total. The number of amides is 1. The van der Waals surface area contributed by atoms with Crippen molar-refractivity contribution in [3.05, 3.63) is 60.9 Å². The third-order valence-corrected chi connectivity index (χ3v) is 7.55. The van der Waals surface area contributed by atoms with Gasteiger partial charge >= 0.3 is 0 Å². The zero-order chi connectivity index (χ0) is 35.5. The van der Waals surface area contributed by atoms with Gasteiger partial charge in [-0.2, -0.15) is 5.10 Å². The molecule has 0 radical (unpaired) electrons. The highest BCUT2D eigenvalue weighted by Gasteiger charge is 2.27.